The minimum absolute atomic E-state index is 0.415. The van der Waals surface area contributed by atoms with Gasteiger partial charge < -0.3 is 10.2 Å². The lowest BCUT2D eigenvalue weighted by atomic mass is 10.3. The second-order valence-corrected chi connectivity index (χ2v) is 4.66. The van der Waals surface area contributed by atoms with E-state index in [2.05, 4.69) is 31.2 Å². The molecule has 1 heterocycles. The standard InChI is InChI=1S/C12H22N4S/c1-5-10(3)13-12(17)15(4)9-11-7-8-16(6-2)14-11/h7-8,10H,5-6,9H2,1-4H3,(H,13,17). The van der Waals surface area contributed by atoms with Crippen molar-refractivity contribution >= 4 is 17.3 Å². The van der Waals surface area contributed by atoms with Crippen LogP contribution in [0, 0.1) is 0 Å². The van der Waals surface area contributed by atoms with Gasteiger partial charge in [-0.3, -0.25) is 4.68 Å². The average molecular weight is 254 g/mol. The molecular weight excluding hydrogens is 232 g/mol. The molecule has 96 valence electrons. The highest BCUT2D eigenvalue weighted by atomic mass is 32.1. The summed E-state index contributed by atoms with van der Waals surface area (Å²) < 4.78 is 1.92. The normalized spacial score (nSPS) is 12.2. The van der Waals surface area contributed by atoms with Crippen molar-refractivity contribution in [2.24, 2.45) is 0 Å². The fourth-order valence-electron chi connectivity index (χ4n) is 1.40. The van der Waals surface area contributed by atoms with Crippen LogP contribution < -0.4 is 5.32 Å². The Morgan fingerprint density at radius 2 is 2.29 bits per heavy atom. The van der Waals surface area contributed by atoms with Gasteiger partial charge in [-0.25, -0.2) is 0 Å². The van der Waals surface area contributed by atoms with Crippen LogP contribution >= 0.6 is 12.2 Å². The van der Waals surface area contributed by atoms with Crippen LogP contribution in [0.25, 0.3) is 0 Å². The molecule has 0 aliphatic carbocycles. The van der Waals surface area contributed by atoms with Gasteiger partial charge in [0.1, 0.15) is 0 Å². The number of hydrogen-bond donors (Lipinski definition) is 1. The SMILES string of the molecule is CCC(C)NC(=S)N(C)Cc1ccn(CC)n1. The van der Waals surface area contributed by atoms with E-state index in [0.29, 0.717) is 6.04 Å². The van der Waals surface area contributed by atoms with Crippen molar-refractivity contribution in [3.05, 3.63) is 18.0 Å². The highest BCUT2D eigenvalue weighted by Crippen LogP contribution is 2.01. The van der Waals surface area contributed by atoms with E-state index in [4.69, 9.17) is 12.2 Å². The number of aromatic nitrogens is 2. The van der Waals surface area contributed by atoms with Crippen LogP contribution in [0.2, 0.25) is 0 Å². The van der Waals surface area contributed by atoms with Gasteiger partial charge in [-0.15, -0.1) is 0 Å². The maximum Gasteiger partial charge on any atom is 0.169 e. The summed E-state index contributed by atoms with van der Waals surface area (Å²) in [5, 5.41) is 8.51. The molecule has 0 saturated carbocycles. The highest BCUT2D eigenvalue weighted by Gasteiger charge is 2.08. The molecule has 1 N–H and O–H groups in total. The van der Waals surface area contributed by atoms with Crippen molar-refractivity contribution < 1.29 is 0 Å². The Kier molecular flexibility index (Phi) is 5.41. The van der Waals surface area contributed by atoms with Crippen LogP contribution in [-0.4, -0.2) is 32.9 Å². The number of aryl methyl sites for hydroxylation is 1. The first-order valence-electron chi connectivity index (χ1n) is 6.10. The van der Waals surface area contributed by atoms with Gasteiger partial charge in [-0.2, -0.15) is 5.10 Å². The van der Waals surface area contributed by atoms with Crippen LogP contribution in [0.3, 0.4) is 0 Å². The van der Waals surface area contributed by atoms with Gasteiger partial charge in [0.25, 0.3) is 0 Å². The zero-order valence-corrected chi connectivity index (χ0v) is 11.9. The molecule has 0 amide bonds. The zero-order chi connectivity index (χ0) is 12.8. The molecule has 0 aliphatic rings. The molecule has 0 spiro atoms. The second kappa shape index (κ2) is 6.59. The Morgan fingerprint density at radius 3 is 2.82 bits per heavy atom. The Labute approximate surface area is 109 Å². The molecule has 1 aromatic rings. The third-order valence-electron chi connectivity index (χ3n) is 2.75. The molecule has 0 saturated heterocycles. The average Bonchev–Trinajstić information content (AvgIpc) is 2.76. The molecule has 0 bridgehead atoms. The molecule has 1 rings (SSSR count). The van der Waals surface area contributed by atoms with Crippen LogP contribution in [0.1, 0.15) is 32.9 Å². The minimum Gasteiger partial charge on any atom is -0.360 e. The predicted octanol–water partition coefficient (Wildman–Crippen LogP) is 2.01. The molecule has 0 fully saturated rings. The summed E-state index contributed by atoms with van der Waals surface area (Å²) in [6.07, 6.45) is 3.06. The van der Waals surface area contributed by atoms with Crippen LogP contribution in [0.4, 0.5) is 0 Å². The lowest BCUT2D eigenvalue weighted by Crippen LogP contribution is -2.41. The van der Waals surface area contributed by atoms with Gasteiger partial charge in [-0.1, -0.05) is 6.92 Å². The molecule has 1 aromatic heterocycles. The maximum atomic E-state index is 5.33. The minimum atomic E-state index is 0.415. The van der Waals surface area contributed by atoms with E-state index in [0.717, 1.165) is 30.3 Å². The monoisotopic (exact) mass is 254 g/mol. The van der Waals surface area contributed by atoms with E-state index in [1.54, 1.807) is 0 Å². The summed E-state index contributed by atoms with van der Waals surface area (Å²) in [5.74, 6) is 0. The van der Waals surface area contributed by atoms with Crippen molar-refractivity contribution in [1.29, 1.82) is 0 Å². The molecule has 0 radical (unpaired) electrons. The van der Waals surface area contributed by atoms with Gasteiger partial charge in [-0.05, 0) is 38.6 Å². The lowest BCUT2D eigenvalue weighted by molar-refractivity contribution is 0.462. The Morgan fingerprint density at radius 1 is 1.59 bits per heavy atom. The first-order valence-corrected chi connectivity index (χ1v) is 6.51. The molecule has 1 atom stereocenters. The fraction of sp³-hybridized carbons (Fsp3) is 0.667. The van der Waals surface area contributed by atoms with Crippen molar-refractivity contribution in [1.82, 2.24) is 20.0 Å². The third kappa shape index (κ3) is 4.34. The number of hydrogen-bond acceptors (Lipinski definition) is 2. The maximum absolute atomic E-state index is 5.33. The smallest absolute Gasteiger partial charge is 0.169 e. The number of nitrogens with zero attached hydrogens (tertiary/aromatic N) is 3. The molecule has 5 heteroatoms. The van der Waals surface area contributed by atoms with E-state index in [-0.39, 0.29) is 0 Å². The van der Waals surface area contributed by atoms with E-state index < -0.39 is 0 Å². The second-order valence-electron chi connectivity index (χ2n) is 4.28. The zero-order valence-electron chi connectivity index (χ0n) is 11.1. The van der Waals surface area contributed by atoms with Gasteiger partial charge in [0.2, 0.25) is 0 Å². The summed E-state index contributed by atoms with van der Waals surface area (Å²) in [4.78, 5) is 2.02. The van der Waals surface area contributed by atoms with Crippen LogP contribution in [0.5, 0.6) is 0 Å². The summed E-state index contributed by atoms with van der Waals surface area (Å²) >= 11 is 5.33. The van der Waals surface area contributed by atoms with Crippen LogP contribution in [0.15, 0.2) is 12.3 Å². The number of nitrogens with one attached hydrogen (secondary N) is 1. The summed E-state index contributed by atoms with van der Waals surface area (Å²) in [7, 11) is 1.99. The Bertz CT molecular complexity index is 361. The van der Waals surface area contributed by atoms with Crippen molar-refractivity contribution in [3.8, 4) is 0 Å². The Hall–Kier alpha value is -1.10. The summed E-state index contributed by atoms with van der Waals surface area (Å²) in [6, 6.07) is 2.45. The first kappa shape index (κ1) is 14.0. The molecular formula is C12H22N4S. The molecule has 17 heavy (non-hydrogen) atoms. The molecule has 0 aliphatic heterocycles. The fourth-order valence-corrected chi connectivity index (χ4v) is 1.67. The van der Waals surface area contributed by atoms with Gasteiger partial charge in [0, 0.05) is 25.8 Å². The van der Waals surface area contributed by atoms with Crippen molar-refractivity contribution in [2.45, 2.75) is 46.3 Å². The summed E-state index contributed by atoms with van der Waals surface area (Å²) in [5.41, 5.74) is 1.04. The van der Waals surface area contributed by atoms with E-state index in [1.165, 1.54) is 0 Å². The Balaban J connectivity index is 2.47. The van der Waals surface area contributed by atoms with Crippen LogP contribution in [-0.2, 0) is 13.1 Å². The predicted molar refractivity (Wildman–Crippen MR) is 74.9 cm³/mol. The molecule has 4 nitrogen and oxygen atoms in total. The van der Waals surface area contributed by atoms with Crippen molar-refractivity contribution in [2.75, 3.05) is 7.05 Å². The van der Waals surface area contributed by atoms with Crippen molar-refractivity contribution in [3.63, 3.8) is 0 Å². The van der Waals surface area contributed by atoms with E-state index >= 15 is 0 Å². The quantitative estimate of drug-likeness (QED) is 0.815. The van der Waals surface area contributed by atoms with E-state index in [1.807, 2.05) is 28.9 Å². The number of thiocarbonyl (C=S) groups is 1. The van der Waals surface area contributed by atoms with Gasteiger partial charge in [0.15, 0.2) is 5.11 Å². The first-order chi connectivity index (χ1) is 8.06. The number of rotatable bonds is 5. The summed E-state index contributed by atoms with van der Waals surface area (Å²) in [6.45, 7) is 8.00. The van der Waals surface area contributed by atoms with E-state index in [9.17, 15) is 0 Å². The molecule has 1 unspecified atom stereocenters. The topological polar surface area (TPSA) is 33.1 Å². The van der Waals surface area contributed by atoms with Gasteiger partial charge >= 0.3 is 0 Å². The highest BCUT2D eigenvalue weighted by molar-refractivity contribution is 7.80. The lowest BCUT2D eigenvalue weighted by Gasteiger charge is -2.22. The largest absolute Gasteiger partial charge is 0.360 e. The van der Waals surface area contributed by atoms with Gasteiger partial charge in [0.05, 0.1) is 12.2 Å². The third-order valence-corrected chi connectivity index (χ3v) is 3.18. The molecule has 0 aromatic carbocycles.